The predicted octanol–water partition coefficient (Wildman–Crippen LogP) is 4.09. The van der Waals surface area contributed by atoms with Gasteiger partial charge in [-0.15, -0.1) is 0 Å². The number of fused-ring (bicyclic) bond motifs is 1. The SMILES string of the molecule is COc1ccc(-c2coc3c(CC=C(C)C)c(O)ccc3c2=O)c(O)c1O. The lowest BCUT2D eigenvalue weighted by Gasteiger charge is -2.11. The van der Waals surface area contributed by atoms with Gasteiger partial charge < -0.3 is 24.5 Å². The van der Waals surface area contributed by atoms with Crippen molar-refractivity contribution in [2.24, 2.45) is 0 Å². The molecule has 0 radical (unpaired) electrons. The van der Waals surface area contributed by atoms with Gasteiger partial charge in [0, 0.05) is 11.1 Å². The Hall–Kier alpha value is -3.41. The van der Waals surface area contributed by atoms with Gasteiger partial charge in [-0.2, -0.15) is 0 Å². The van der Waals surface area contributed by atoms with Gasteiger partial charge in [-0.05, 0) is 44.5 Å². The number of methoxy groups -OCH3 is 1. The zero-order chi connectivity index (χ0) is 19.7. The van der Waals surface area contributed by atoms with Gasteiger partial charge >= 0.3 is 0 Å². The third-order valence-corrected chi connectivity index (χ3v) is 4.36. The fourth-order valence-electron chi connectivity index (χ4n) is 2.88. The van der Waals surface area contributed by atoms with E-state index in [1.807, 2.05) is 19.9 Å². The molecule has 0 saturated carbocycles. The predicted molar refractivity (Wildman–Crippen MR) is 103 cm³/mol. The molecule has 27 heavy (non-hydrogen) atoms. The number of allylic oxidation sites excluding steroid dienone is 2. The molecule has 0 bridgehead atoms. The molecule has 3 rings (SSSR count). The first kappa shape index (κ1) is 18.4. The summed E-state index contributed by atoms with van der Waals surface area (Å²) in [5.74, 6) is -0.787. The maximum Gasteiger partial charge on any atom is 0.201 e. The standard InChI is InChI=1S/C21H20O6/c1-11(2)4-5-13-16(22)8-6-14-18(23)15(10-27-21(13)14)12-7-9-17(26-3)20(25)19(12)24/h4,6-10,22,24-25H,5H2,1-3H3. The highest BCUT2D eigenvalue weighted by Gasteiger charge is 2.19. The van der Waals surface area contributed by atoms with Crippen molar-refractivity contribution in [1.82, 2.24) is 0 Å². The minimum Gasteiger partial charge on any atom is -0.508 e. The van der Waals surface area contributed by atoms with Crippen LogP contribution < -0.4 is 10.2 Å². The second-order valence-electron chi connectivity index (χ2n) is 6.42. The Morgan fingerprint density at radius 3 is 2.48 bits per heavy atom. The number of aromatic hydroxyl groups is 3. The molecule has 1 aromatic heterocycles. The molecule has 0 fully saturated rings. The Labute approximate surface area is 155 Å². The van der Waals surface area contributed by atoms with Crippen LogP contribution in [0.5, 0.6) is 23.0 Å². The van der Waals surface area contributed by atoms with Gasteiger partial charge in [-0.3, -0.25) is 4.79 Å². The first-order valence-corrected chi connectivity index (χ1v) is 8.34. The van der Waals surface area contributed by atoms with E-state index in [4.69, 9.17) is 9.15 Å². The van der Waals surface area contributed by atoms with E-state index < -0.39 is 11.5 Å². The quantitative estimate of drug-likeness (QED) is 0.474. The molecule has 1 heterocycles. The van der Waals surface area contributed by atoms with Crippen LogP contribution in [0.4, 0.5) is 0 Å². The van der Waals surface area contributed by atoms with Gasteiger partial charge in [0.15, 0.2) is 11.5 Å². The van der Waals surface area contributed by atoms with Crippen LogP contribution in [0.1, 0.15) is 19.4 Å². The first-order chi connectivity index (χ1) is 12.8. The Morgan fingerprint density at radius 1 is 1.07 bits per heavy atom. The average molecular weight is 368 g/mol. The lowest BCUT2D eigenvalue weighted by atomic mass is 10.0. The highest BCUT2D eigenvalue weighted by molar-refractivity contribution is 5.87. The topological polar surface area (TPSA) is 100 Å². The largest absolute Gasteiger partial charge is 0.508 e. The van der Waals surface area contributed by atoms with E-state index in [-0.39, 0.29) is 33.4 Å². The fourth-order valence-corrected chi connectivity index (χ4v) is 2.88. The molecule has 0 amide bonds. The molecular formula is C21H20O6. The van der Waals surface area contributed by atoms with Gasteiger partial charge in [-0.25, -0.2) is 0 Å². The molecule has 0 aliphatic heterocycles. The number of benzene rings is 2. The first-order valence-electron chi connectivity index (χ1n) is 8.34. The number of hydrogen-bond acceptors (Lipinski definition) is 6. The Bertz CT molecular complexity index is 1100. The zero-order valence-corrected chi connectivity index (χ0v) is 15.2. The van der Waals surface area contributed by atoms with Crippen LogP contribution >= 0.6 is 0 Å². The highest BCUT2D eigenvalue weighted by Crippen LogP contribution is 2.42. The van der Waals surface area contributed by atoms with Crippen LogP contribution in [0.2, 0.25) is 0 Å². The molecule has 2 aromatic carbocycles. The summed E-state index contributed by atoms with van der Waals surface area (Å²) in [6, 6.07) is 5.84. The van der Waals surface area contributed by atoms with Crippen molar-refractivity contribution < 1.29 is 24.5 Å². The Kier molecular flexibility index (Phi) is 4.81. The molecule has 0 spiro atoms. The lowest BCUT2D eigenvalue weighted by molar-refractivity contribution is 0.351. The Morgan fingerprint density at radius 2 is 1.81 bits per heavy atom. The van der Waals surface area contributed by atoms with Gasteiger partial charge in [0.05, 0.1) is 18.1 Å². The summed E-state index contributed by atoms with van der Waals surface area (Å²) in [6.45, 7) is 3.88. The summed E-state index contributed by atoms with van der Waals surface area (Å²) in [5.41, 5.74) is 1.72. The second-order valence-corrected chi connectivity index (χ2v) is 6.42. The van der Waals surface area contributed by atoms with Gasteiger partial charge in [0.2, 0.25) is 11.2 Å². The van der Waals surface area contributed by atoms with Gasteiger partial charge in [0.25, 0.3) is 0 Å². The van der Waals surface area contributed by atoms with Crippen molar-refractivity contribution in [2.45, 2.75) is 20.3 Å². The monoisotopic (exact) mass is 368 g/mol. The molecule has 140 valence electrons. The number of phenolic OH excluding ortho intramolecular Hbond substituents is 3. The van der Waals surface area contributed by atoms with Gasteiger partial charge in [0.1, 0.15) is 17.6 Å². The molecule has 3 aromatic rings. The second kappa shape index (κ2) is 7.07. The zero-order valence-electron chi connectivity index (χ0n) is 15.2. The van der Waals surface area contributed by atoms with Crippen LogP contribution in [-0.2, 0) is 6.42 Å². The fraction of sp³-hybridized carbons (Fsp3) is 0.190. The average Bonchev–Trinajstić information content (AvgIpc) is 2.64. The summed E-state index contributed by atoms with van der Waals surface area (Å²) >= 11 is 0. The molecule has 0 atom stereocenters. The van der Waals surface area contributed by atoms with E-state index in [1.54, 1.807) is 0 Å². The van der Waals surface area contributed by atoms with E-state index in [9.17, 15) is 20.1 Å². The van der Waals surface area contributed by atoms with Crippen molar-refractivity contribution in [2.75, 3.05) is 7.11 Å². The molecular weight excluding hydrogens is 348 g/mol. The third kappa shape index (κ3) is 3.21. The third-order valence-electron chi connectivity index (χ3n) is 4.36. The van der Waals surface area contributed by atoms with Crippen LogP contribution in [-0.4, -0.2) is 22.4 Å². The van der Waals surface area contributed by atoms with E-state index in [1.165, 1.54) is 37.6 Å². The van der Waals surface area contributed by atoms with E-state index >= 15 is 0 Å². The molecule has 6 heteroatoms. The molecule has 0 unspecified atom stereocenters. The van der Waals surface area contributed by atoms with E-state index in [2.05, 4.69) is 0 Å². The Balaban J connectivity index is 2.23. The molecule has 6 nitrogen and oxygen atoms in total. The molecule has 0 saturated heterocycles. The maximum absolute atomic E-state index is 13.0. The lowest BCUT2D eigenvalue weighted by Crippen LogP contribution is -2.06. The highest BCUT2D eigenvalue weighted by atomic mass is 16.5. The van der Waals surface area contributed by atoms with Gasteiger partial charge in [-0.1, -0.05) is 11.6 Å². The summed E-state index contributed by atoms with van der Waals surface area (Å²) in [4.78, 5) is 13.0. The summed E-state index contributed by atoms with van der Waals surface area (Å²) < 4.78 is 10.6. The summed E-state index contributed by atoms with van der Waals surface area (Å²) in [5, 5.41) is 30.7. The molecule has 3 N–H and O–H groups in total. The van der Waals surface area contributed by atoms with Crippen molar-refractivity contribution in [3.63, 3.8) is 0 Å². The minimum absolute atomic E-state index is 0.0424. The van der Waals surface area contributed by atoms with Crippen molar-refractivity contribution >= 4 is 11.0 Å². The normalized spacial score (nSPS) is 10.8. The molecule has 0 aliphatic rings. The number of ether oxygens (including phenoxy) is 1. The van der Waals surface area contributed by atoms with Crippen molar-refractivity contribution in [3.8, 4) is 34.1 Å². The summed E-state index contributed by atoms with van der Waals surface area (Å²) in [7, 11) is 1.36. The van der Waals surface area contributed by atoms with Crippen molar-refractivity contribution in [3.05, 3.63) is 58.0 Å². The summed E-state index contributed by atoms with van der Waals surface area (Å²) in [6.07, 6.45) is 3.56. The number of rotatable bonds is 4. The van der Waals surface area contributed by atoms with Crippen LogP contribution in [0.3, 0.4) is 0 Å². The van der Waals surface area contributed by atoms with Crippen LogP contribution in [0, 0.1) is 0 Å². The van der Waals surface area contributed by atoms with Crippen LogP contribution in [0.15, 0.2) is 51.4 Å². The van der Waals surface area contributed by atoms with Crippen LogP contribution in [0.25, 0.3) is 22.1 Å². The van der Waals surface area contributed by atoms with E-state index in [0.29, 0.717) is 17.6 Å². The molecule has 0 aliphatic carbocycles. The smallest absolute Gasteiger partial charge is 0.201 e. The minimum atomic E-state index is -0.468. The van der Waals surface area contributed by atoms with Crippen molar-refractivity contribution in [1.29, 1.82) is 0 Å². The number of hydrogen-bond donors (Lipinski definition) is 3. The number of phenols is 3. The maximum atomic E-state index is 13.0. The van der Waals surface area contributed by atoms with E-state index in [0.717, 1.165) is 5.57 Å².